The second-order valence-corrected chi connectivity index (χ2v) is 8.13. The minimum Gasteiger partial charge on any atom is -0.469 e. The van der Waals surface area contributed by atoms with Crippen LogP contribution in [0.4, 0.5) is 0 Å². The van der Waals surface area contributed by atoms with E-state index in [4.69, 9.17) is 4.98 Å². The van der Waals surface area contributed by atoms with Crippen LogP contribution in [0.1, 0.15) is 12.0 Å². The molecular formula is C25H23N5O4. The number of aromatic nitrogens is 5. The van der Waals surface area contributed by atoms with Crippen LogP contribution in [-0.2, 0) is 23.1 Å². The van der Waals surface area contributed by atoms with E-state index in [9.17, 15) is 14.4 Å². The van der Waals surface area contributed by atoms with Gasteiger partial charge in [0.2, 0.25) is 5.78 Å². The van der Waals surface area contributed by atoms with Gasteiger partial charge in [0.05, 0.1) is 19.2 Å². The molecule has 5 aromatic rings. The van der Waals surface area contributed by atoms with Gasteiger partial charge >= 0.3 is 11.7 Å². The highest BCUT2D eigenvalue weighted by Crippen LogP contribution is 2.28. The van der Waals surface area contributed by atoms with Gasteiger partial charge in [0.1, 0.15) is 0 Å². The molecule has 9 heteroatoms. The van der Waals surface area contributed by atoms with E-state index in [1.54, 1.807) is 11.4 Å². The maximum Gasteiger partial charge on any atom is 0.332 e. The molecule has 3 aromatic heterocycles. The highest BCUT2D eigenvalue weighted by molar-refractivity contribution is 5.79. The Morgan fingerprint density at radius 2 is 1.74 bits per heavy atom. The highest BCUT2D eigenvalue weighted by Gasteiger charge is 2.22. The fraction of sp³-hybridized carbons (Fsp3) is 0.200. The van der Waals surface area contributed by atoms with E-state index < -0.39 is 17.2 Å². The fourth-order valence-corrected chi connectivity index (χ4v) is 4.16. The molecule has 0 aliphatic rings. The van der Waals surface area contributed by atoms with Gasteiger partial charge in [0, 0.05) is 31.0 Å². The average Bonchev–Trinajstić information content (AvgIpc) is 3.40. The molecule has 0 saturated heterocycles. The van der Waals surface area contributed by atoms with E-state index in [0.29, 0.717) is 5.78 Å². The Kier molecular flexibility index (Phi) is 5.16. The molecule has 3 heterocycles. The van der Waals surface area contributed by atoms with Gasteiger partial charge in [-0.25, -0.2) is 4.79 Å². The van der Waals surface area contributed by atoms with Gasteiger partial charge in [-0.1, -0.05) is 48.0 Å². The average molecular weight is 457 g/mol. The lowest BCUT2D eigenvalue weighted by Gasteiger charge is -2.09. The van der Waals surface area contributed by atoms with Crippen molar-refractivity contribution in [3.8, 4) is 16.9 Å². The Morgan fingerprint density at radius 1 is 1.03 bits per heavy atom. The summed E-state index contributed by atoms with van der Waals surface area (Å²) in [5.74, 6) is 0.0138. The first-order valence-corrected chi connectivity index (χ1v) is 10.8. The van der Waals surface area contributed by atoms with Crippen molar-refractivity contribution in [1.29, 1.82) is 0 Å². The first kappa shape index (κ1) is 21.4. The van der Waals surface area contributed by atoms with Crippen LogP contribution < -0.4 is 11.2 Å². The van der Waals surface area contributed by atoms with E-state index in [1.807, 2.05) is 72.3 Å². The third-order valence-corrected chi connectivity index (χ3v) is 5.98. The number of benzene rings is 2. The lowest BCUT2D eigenvalue weighted by molar-refractivity contribution is -0.140. The van der Waals surface area contributed by atoms with Crippen molar-refractivity contribution in [3.05, 3.63) is 87.2 Å². The number of methoxy groups -OCH3 is 1. The van der Waals surface area contributed by atoms with Crippen LogP contribution in [0.5, 0.6) is 0 Å². The molecule has 5 rings (SSSR count). The van der Waals surface area contributed by atoms with E-state index in [2.05, 4.69) is 4.74 Å². The number of aryl methyl sites for hydroxylation is 2. The van der Waals surface area contributed by atoms with Crippen molar-refractivity contribution < 1.29 is 9.53 Å². The Balaban J connectivity index is 1.84. The molecule has 0 bridgehead atoms. The summed E-state index contributed by atoms with van der Waals surface area (Å²) in [4.78, 5) is 42.7. The summed E-state index contributed by atoms with van der Waals surface area (Å²) in [6.45, 7) is 1.94. The van der Waals surface area contributed by atoms with Crippen LogP contribution in [0.25, 0.3) is 33.9 Å². The first-order valence-electron chi connectivity index (χ1n) is 10.8. The van der Waals surface area contributed by atoms with Crippen molar-refractivity contribution in [1.82, 2.24) is 23.1 Å². The first-order chi connectivity index (χ1) is 16.4. The zero-order valence-corrected chi connectivity index (χ0v) is 19.1. The van der Waals surface area contributed by atoms with Crippen molar-refractivity contribution in [2.75, 3.05) is 7.11 Å². The normalized spacial score (nSPS) is 11.4. The fourth-order valence-electron chi connectivity index (χ4n) is 4.16. The molecule has 0 aliphatic heterocycles. The SMILES string of the molecule is COC(=O)CCn1c(=O)c2c(nc3n(-c4ccc(C)cc4)c(-c4ccccc4)cn23)n(C)c1=O. The summed E-state index contributed by atoms with van der Waals surface area (Å²) in [5, 5.41) is 0. The van der Waals surface area contributed by atoms with Gasteiger partial charge in [-0.2, -0.15) is 4.98 Å². The number of carbonyl (C=O) groups is 1. The van der Waals surface area contributed by atoms with Gasteiger partial charge in [-0.15, -0.1) is 0 Å². The summed E-state index contributed by atoms with van der Waals surface area (Å²) in [6, 6.07) is 17.8. The van der Waals surface area contributed by atoms with E-state index in [1.165, 1.54) is 11.7 Å². The van der Waals surface area contributed by atoms with Crippen LogP contribution in [-0.4, -0.2) is 36.2 Å². The quantitative estimate of drug-likeness (QED) is 0.379. The predicted octanol–water partition coefficient (Wildman–Crippen LogP) is 2.68. The molecule has 2 aromatic carbocycles. The summed E-state index contributed by atoms with van der Waals surface area (Å²) in [7, 11) is 2.84. The monoisotopic (exact) mass is 457 g/mol. The number of ether oxygens (including phenoxy) is 1. The number of fused-ring (bicyclic) bond motifs is 3. The Labute approximate surface area is 194 Å². The van der Waals surface area contributed by atoms with E-state index in [-0.39, 0.29) is 24.1 Å². The van der Waals surface area contributed by atoms with Crippen molar-refractivity contribution in [2.45, 2.75) is 19.9 Å². The standard InChI is InChI=1S/C25H23N5O4/c1-16-9-11-18(12-10-16)30-19(17-7-5-4-6-8-17)15-29-21-22(26-24(29)30)27(2)25(33)28(23(21)32)14-13-20(31)34-3/h4-12,15H,13-14H2,1-3H3. The maximum atomic E-state index is 13.4. The lowest BCUT2D eigenvalue weighted by atomic mass is 10.1. The third kappa shape index (κ3) is 3.33. The number of rotatable bonds is 5. The second kappa shape index (κ2) is 8.18. The zero-order chi connectivity index (χ0) is 24.0. The molecule has 0 radical (unpaired) electrons. The Morgan fingerprint density at radius 3 is 2.41 bits per heavy atom. The predicted molar refractivity (Wildman–Crippen MR) is 128 cm³/mol. The minimum atomic E-state index is -0.535. The number of esters is 1. The zero-order valence-electron chi connectivity index (χ0n) is 19.1. The number of hydrogen-bond acceptors (Lipinski definition) is 5. The topological polar surface area (TPSA) is 92.5 Å². The minimum absolute atomic E-state index is 0.0778. The number of imidazole rings is 2. The lowest BCUT2D eigenvalue weighted by Crippen LogP contribution is -2.39. The van der Waals surface area contributed by atoms with Gasteiger partial charge in [-0.3, -0.25) is 27.7 Å². The smallest absolute Gasteiger partial charge is 0.332 e. The largest absolute Gasteiger partial charge is 0.469 e. The van der Waals surface area contributed by atoms with Crippen molar-refractivity contribution in [3.63, 3.8) is 0 Å². The van der Waals surface area contributed by atoms with Crippen molar-refractivity contribution >= 4 is 22.9 Å². The Hall–Kier alpha value is -4.40. The molecule has 0 fully saturated rings. The van der Waals surface area contributed by atoms with Gasteiger partial charge in [0.15, 0.2) is 11.2 Å². The van der Waals surface area contributed by atoms with Gasteiger partial charge < -0.3 is 4.74 Å². The molecule has 0 amide bonds. The molecule has 0 atom stereocenters. The highest BCUT2D eigenvalue weighted by atomic mass is 16.5. The summed E-state index contributed by atoms with van der Waals surface area (Å²) in [6.07, 6.45) is 1.77. The van der Waals surface area contributed by atoms with Crippen LogP contribution in [0.2, 0.25) is 0 Å². The van der Waals surface area contributed by atoms with Crippen LogP contribution in [0.15, 0.2) is 70.4 Å². The summed E-state index contributed by atoms with van der Waals surface area (Å²) < 4.78 is 10.7. The van der Waals surface area contributed by atoms with E-state index in [0.717, 1.165) is 27.1 Å². The number of carbonyl (C=O) groups excluding carboxylic acids is 1. The molecule has 0 spiro atoms. The number of hydrogen-bond donors (Lipinski definition) is 0. The van der Waals surface area contributed by atoms with Crippen LogP contribution in [0, 0.1) is 6.92 Å². The molecular weight excluding hydrogens is 434 g/mol. The second-order valence-electron chi connectivity index (χ2n) is 8.13. The molecule has 34 heavy (non-hydrogen) atoms. The Bertz CT molecular complexity index is 1650. The van der Waals surface area contributed by atoms with E-state index >= 15 is 0 Å². The molecule has 0 aliphatic carbocycles. The summed E-state index contributed by atoms with van der Waals surface area (Å²) >= 11 is 0. The van der Waals surface area contributed by atoms with Gasteiger partial charge in [-0.05, 0) is 19.1 Å². The maximum absolute atomic E-state index is 13.4. The molecule has 0 saturated carbocycles. The molecule has 0 N–H and O–H groups in total. The van der Waals surface area contributed by atoms with Crippen LogP contribution >= 0.6 is 0 Å². The third-order valence-electron chi connectivity index (χ3n) is 5.98. The molecule has 9 nitrogen and oxygen atoms in total. The van der Waals surface area contributed by atoms with Crippen molar-refractivity contribution in [2.24, 2.45) is 7.05 Å². The summed E-state index contributed by atoms with van der Waals surface area (Å²) in [5.41, 5.74) is 3.32. The molecule has 172 valence electrons. The number of nitrogens with zero attached hydrogens (tertiary/aromatic N) is 5. The molecule has 0 unspecified atom stereocenters. The van der Waals surface area contributed by atoms with Gasteiger partial charge in [0.25, 0.3) is 5.56 Å². The van der Waals surface area contributed by atoms with Crippen LogP contribution in [0.3, 0.4) is 0 Å².